The van der Waals surface area contributed by atoms with E-state index in [-0.39, 0.29) is 16.9 Å². The number of carbonyl (C=O) groups excluding carboxylic acids is 1. The van der Waals surface area contributed by atoms with Gasteiger partial charge in [0, 0.05) is 6.42 Å². The molecule has 2 heterocycles. The summed E-state index contributed by atoms with van der Waals surface area (Å²) in [5.41, 5.74) is 2.09. The number of thioether (sulfide) groups is 1. The summed E-state index contributed by atoms with van der Waals surface area (Å²) in [6.07, 6.45) is 1.60. The Hall–Kier alpha value is -2.11. The summed E-state index contributed by atoms with van der Waals surface area (Å²) in [6.45, 7) is 1.19. The number of Topliss-reactive ketones (excluding diaryl/α,β-unsaturated/α-hetero) is 1. The molecule has 1 N–H and O–H groups in total. The normalized spacial score (nSPS) is 33.6. The van der Waals surface area contributed by atoms with Crippen LogP contribution in [0.4, 0.5) is 0 Å². The van der Waals surface area contributed by atoms with Crippen LogP contribution >= 0.6 is 11.8 Å². The molecule has 0 radical (unpaired) electrons. The zero-order chi connectivity index (χ0) is 18.3. The Bertz CT molecular complexity index is 870. The summed E-state index contributed by atoms with van der Waals surface area (Å²) in [5, 5.41) is 4.41. The molecule has 0 amide bonds. The number of nitrogens with zero attached hydrogens (tertiary/aromatic N) is 1. The molecule has 1 spiro atoms. The second-order valence-corrected chi connectivity index (χ2v) is 8.68. The van der Waals surface area contributed by atoms with Crippen molar-refractivity contribution in [3.05, 3.63) is 71.8 Å². The molecule has 3 fully saturated rings. The minimum absolute atomic E-state index is 0.0745. The Labute approximate surface area is 163 Å². The van der Waals surface area contributed by atoms with E-state index in [1.807, 2.05) is 36.4 Å². The van der Waals surface area contributed by atoms with Gasteiger partial charge in [-0.1, -0.05) is 72.4 Å². The van der Waals surface area contributed by atoms with Crippen LogP contribution in [0.5, 0.6) is 0 Å². The maximum Gasteiger partial charge on any atom is 0.158 e. The number of benzene rings is 2. The minimum Gasteiger partial charge on any atom is -0.371 e. The molecule has 1 aliphatic carbocycles. The SMILES string of the molecule is O=C1C[C@H]2C[C@@H](c3ccccc3)OC[C@]23NC(=NCc2ccccc2)S[C@H]13. The third kappa shape index (κ3) is 2.99. The molecule has 5 rings (SSSR count). The zero-order valence-electron chi connectivity index (χ0n) is 15.0. The van der Waals surface area contributed by atoms with Gasteiger partial charge < -0.3 is 10.1 Å². The molecule has 0 unspecified atom stereocenters. The van der Waals surface area contributed by atoms with Crippen LogP contribution in [0.15, 0.2) is 65.7 Å². The van der Waals surface area contributed by atoms with Gasteiger partial charge in [0.05, 0.1) is 30.0 Å². The molecular weight excluding hydrogens is 356 g/mol. The highest BCUT2D eigenvalue weighted by Crippen LogP contribution is 2.52. The number of ether oxygens (including phenoxy) is 1. The first-order valence-corrected chi connectivity index (χ1v) is 10.3. The Kier molecular flexibility index (Phi) is 4.29. The highest BCUT2D eigenvalue weighted by atomic mass is 32.2. The van der Waals surface area contributed by atoms with Crippen molar-refractivity contribution < 1.29 is 9.53 Å². The zero-order valence-corrected chi connectivity index (χ0v) is 15.8. The first-order chi connectivity index (χ1) is 13.2. The molecule has 5 heteroatoms. The average Bonchev–Trinajstić information content (AvgIpc) is 3.20. The fourth-order valence-electron chi connectivity index (χ4n) is 4.52. The van der Waals surface area contributed by atoms with Gasteiger partial charge in [-0.2, -0.15) is 0 Å². The highest BCUT2D eigenvalue weighted by molar-refractivity contribution is 8.15. The van der Waals surface area contributed by atoms with Crippen LogP contribution in [0.1, 0.15) is 30.1 Å². The van der Waals surface area contributed by atoms with Gasteiger partial charge in [-0.15, -0.1) is 0 Å². The van der Waals surface area contributed by atoms with Crippen molar-refractivity contribution in [2.75, 3.05) is 6.61 Å². The van der Waals surface area contributed by atoms with Crippen LogP contribution in [-0.2, 0) is 16.1 Å². The minimum atomic E-state index is -0.289. The van der Waals surface area contributed by atoms with E-state index in [9.17, 15) is 4.79 Å². The smallest absolute Gasteiger partial charge is 0.158 e. The number of nitrogens with one attached hydrogen (secondary N) is 1. The van der Waals surface area contributed by atoms with Crippen LogP contribution in [0.2, 0.25) is 0 Å². The van der Waals surface area contributed by atoms with E-state index in [0.29, 0.717) is 31.3 Å². The van der Waals surface area contributed by atoms with Gasteiger partial charge in [-0.05, 0) is 23.5 Å². The van der Waals surface area contributed by atoms with E-state index in [2.05, 4.69) is 29.6 Å². The summed E-state index contributed by atoms with van der Waals surface area (Å²) in [7, 11) is 0. The maximum atomic E-state index is 12.7. The lowest BCUT2D eigenvalue weighted by atomic mass is 9.80. The van der Waals surface area contributed by atoms with Crippen molar-refractivity contribution in [1.29, 1.82) is 0 Å². The summed E-state index contributed by atoms with van der Waals surface area (Å²) in [6, 6.07) is 20.5. The summed E-state index contributed by atoms with van der Waals surface area (Å²) < 4.78 is 6.26. The Morgan fingerprint density at radius 3 is 2.63 bits per heavy atom. The standard InChI is InChI=1S/C22H22N2O2S/c25-18-11-17-12-19(16-9-5-2-6-10-16)26-14-22(17)20(18)27-21(24-22)23-13-15-7-3-1-4-8-15/h1-10,17,19-20H,11-14H2,(H,23,24)/t17-,19-,20+,22-/m0/s1. The lowest BCUT2D eigenvalue weighted by molar-refractivity contribution is -0.117. The van der Waals surface area contributed by atoms with Gasteiger partial charge in [0.25, 0.3) is 0 Å². The quantitative estimate of drug-likeness (QED) is 0.884. The van der Waals surface area contributed by atoms with E-state index >= 15 is 0 Å². The summed E-state index contributed by atoms with van der Waals surface area (Å²) >= 11 is 1.59. The molecule has 2 saturated heterocycles. The van der Waals surface area contributed by atoms with Crippen molar-refractivity contribution in [2.45, 2.75) is 36.3 Å². The fraction of sp³-hybridized carbons (Fsp3) is 0.364. The number of carbonyl (C=O) groups is 1. The Balaban J connectivity index is 1.35. The van der Waals surface area contributed by atoms with Crippen molar-refractivity contribution in [3.63, 3.8) is 0 Å². The van der Waals surface area contributed by atoms with Gasteiger partial charge in [0.1, 0.15) is 5.78 Å². The number of hydrogen-bond acceptors (Lipinski definition) is 4. The van der Waals surface area contributed by atoms with Crippen molar-refractivity contribution in [2.24, 2.45) is 10.9 Å². The third-order valence-corrected chi connectivity index (χ3v) is 7.32. The molecule has 0 aromatic heterocycles. The van der Waals surface area contributed by atoms with Crippen molar-refractivity contribution >= 4 is 22.7 Å². The molecule has 4 atom stereocenters. The molecule has 4 nitrogen and oxygen atoms in total. The average molecular weight is 378 g/mol. The maximum absolute atomic E-state index is 12.7. The topological polar surface area (TPSA) is 50.7 Å². The number of amidine groups is 1. The second-order valence-electron chi connectivity index (χ2n) is 7.58. The lowest BCUT2D eigenvalue weighted by Crippen LogP contribution is -2.57. The summed E-state index contributed by atoms with van der Waals surface area (Å²) in [5.74, 6) is 0.630. The molecule has 3 aliphatic rings. The fourth-order valence-corrected chi connectivity index (χ4v) is 5.89. The van der Waals surface area contributed by atoms with E-state index in [1.165, 1.54) is 11.1 Å². The lowest BCUT2D eigenvalue weighted by Gasteiger charge is -2.41. The van der Waals surface area contributed by atoms with Gasteiger partial charge in [-0.25, -0.2) is 0 Å². The molecule has 2 aromatic rings. The first-order valence-electron chi connectivity index (χ1n) is 9.47. The Morgan fingerprint density at radius 1 is 1.11 bits per heavy atom. The first kappa shape index (κ1) is 17.0. The Morgan fingerprint density at radius 2 is 1.85 bits per heavy atom. The molecule has 0 bridgehead atoms. The third-order valence-electron chi connectivity index (χ3n) is 5.95. The number of ketones is 1. The van der Waals surface area contributed by atoms with Gasteiger partial charge in [-0.3, -0.25) is 9.79 Å². The highest BCUT2D eigenvalue weighted by Gasteiger charge is 2.62. The van der Waals surface area contributed by atoms with Crippen LogP contribution in [0.3, 0.4) is 0 Å². The molecule has 2 aromatic carbocycles. The second kappa shape index (κ2) is 6.80. The van der Waals surface area contributed by atoms with Gasteiger partial charge >= 0.3 is 0 Å². The van der Waals surface area contributed by atoms with Gasteiger partial charge in [0.2, 0.25) is 0 Å². The predicted molar refractivity (Wildman–Crippen MR) is 108 cm³/mol. The van der Waals surface area contributed by atoms with E-state index < -0.39 is 0 Å². The molecule has 138 valence electrons. The van der Waals surface area contributed by atoms with Crippen molar-refractivity contribution in [3.8, 4) is 0 Å². The number of hydrogen-bond donors (Lipinski definition) is 1. The largest absolute Gasteiger partial charge is 0.371 e. The van der Waals surface area contributed by atoms with Crippen LogP contribution in [-0.4, -0.2) is 28.3 Å². The van der Waals surface area contributed by atoms with E-state index in [0.717, 1.165) is 11.6 Å². The van der Waals surface area contributed by atoms with Crippen molar-refractivity contribution in [1.82, 2.24) is 5.32 Å². The predicted octanol–water partition coefficient (Wildman–Crippen LogP) is 3.74. The van der Waals surface area contributed by atoms with E-state index in [1.54, 1.807) is 11.8 Å². The number of aliphatic imine (C=N–C) groups is 1. The van der Waals surface area contributed by atoms with E-state index in [4.69, 9.17) is 9.73 Å². The monoisotopic (exact) mass is 378 g/mol. The van der Waals surface area contributed by atoms with Crippen LogP contribution in [0, 0.1) is 5.92 Å². The molecule has 27 heavy (non-hydrogen) atoms. The molecular formula is C22H22N2O2S. The number of rotatable bonds is 3. The van der Waals surface area contributed by atoms with Crippen LogP contribution in [0.25, 0.3) is 0 Å². The molecule has 2 aliphatic heterocycles. The van der Waals surface area contributed by atoms with Crippen LogP contribution < -0.4 is 5.32 Å². The summed E-state index contributed by atoms with van der Waals surface area (Å²) in [4.78, 5) is 17.4. The van der Waals surface area contributed by atoms with Gasteiger partial charge in [0.15, 0.2) is 5.17 Å². The molecule has 1 saturated carbocycles.